The molecule has 1 N–H and O–H groups in total. The number of hydrogen-bond donors (Lipinski definition) is 1. The molecule has 0 saturated carbocycles. The van der Waals surface area contributed by atoms with Gasteiger partial charge in [-0.05, 0) is 67.2 Å². The van der Waals surface area contributed by atoms with Crippen LogP contribution in [0.15, 0.2) is 29.3 Å². The number of carbonyl (C=O) groups excluding carboxylic acids is 1. The van der Waals surface area contributed by atoms with Crippen LogP contribution in [0.2, 0.25) is 0 Å². The molecule has 0 spiro atoms. The molecule has 2 heterocycles. The topological polar surface area (TPSA) is 64.0 Å². The average Bonchev–Trinajstić information content (AvgIpc) is 3.04. The molecule has 0 aliphatic heterocycles. The van der Waals surface area contributed by atoms with Gasteiger partial charge in [0, 0.05) is 10.6 Å². The van der Waals surface area contributed by atoms with E-state index in [0.717, 1.165) is 46.5 Å². The molecule has 1 aromatic carbocycles. The van der Waals surface area contributed by atoms with Crippen molar-refractivity contribution in [2.45, 2.75) is 60.4 Å². The molecular formula is C24H29N3O2S. The summed E-state index contributed by atoms with van der Waals surface area (Å²) in [6.07, 6.45) is 4.51. The molecule has 2 aromatic heterocycles. The van der Waals surface area contributed by atoms with Crippen LogP contribution < -0.4 is 10.9 Å². The lowest BCUT2D eigenvalue weighted by atomic mass is 9.72. The summed E-state index contributed by atoms with van der Waals surface area (Å²) in [6, 6.07) is 5.93. The van der Waals surface area contributed by atoms with Gasteiger partial charge in [-0.1, -0.05) is 32.9 Å². The molecular weight excluding hydrogens is 394 g/mol. The Morgan fingerprint density at radius 1 is 1.30 bits per heavy atom. The van der Waals surface area contributed by atoms with Crippen molar-refractivity contribution in [2.24, 2.45) is 11.3 Å². The molecule has 0 unspecified atom stereocenters. The lowest BCUT2D eigenvalue weighted by Gasteiger charge is -2.33. The van der Waals surface area contributed by atoms with Gasteiger partial charge in [-0.3, -0.25) is 14.2 Å². The Balaban J connectivity index is 1.61. The molecule has 158 valence electrons. The molecule has 1 atom stereocenters. The Labute approximate surface area is 181 Å². The van der Waals surface area contributed by atoms with Gasteiger partial charge in [-0.25, -0.2) is 4.98 Å². The summed E-state index contributed by atoms with van der Waals surface area (Å²) >= 11 is 1.64. The zero-order valence-electron chi connectivity index (χ0n) is 18.3. The van der Waals surface area contributed by atoms with E-state index < -0.39 is 0 Å². The van der Waals surface area contributed by atoms with Crippen molar-refractivity contribution in [2.75, 3.05) is 5.32 Å². The number of aromatic nitrogens is 2. The highest BCUT2D eigenvalue weighted by atomic mass is 32.1. The number of amides is 1. The van der Waals surface area contributed by atoms with Gasteiger partial charge >= 0.3 is 0 Å². The van der Waals surface area contributed by atoms with Crippen LogP contribution >= 0.6 is 11.3 Å². The first kappa shape index (κ1) is 20.8. The molecule has 1 aliphatic carbocycles. The second kappa shape index (κ2) is 7.65. The van der Waals surface area contributed by atoms with Gasteiger partial charge in [0.1, 0.15) is 11.4 Å². The van der Waals surface area contributed by atoms with Crippen molar-refractivity contribution in [3.05, 3.63) is 56.4 Å². The monoisotopic (exact) mass is 423 g/mol. The first-order chi connectivity index (χ1) is 14.1. The molecule has 6 heteroatoms. The number of anilines is 1. The van der Waals surface area contributed by atoms with Crippen LogP contribution in [0, 0.1) is 25.2 Å². The normalized spacial score (nSPS) is 16.5. The lowest BCUT2D eigenvalue weighted by molar-refractivity contribution is -0.116. The largest absolute Gasteiger partial charge is 0.324 e. The van der Waals surface area contributed by atoms with Crippen molar-refractivity contribution in [3.8, 4) is 0 Å². The van der Waals surface area contributed by atoms with E-state index in [2.05, 4.69) is 31.1 Å². The molecule has 1 aliphatic rings. The van der Waals surface area contributed by atoms with Crippen LogP contribution in [0.25, 0.3) is 10.2 Å². The van der Waals surface area contributed by atoms with Gasteiger partial charge in [0.25, 0.3) is 5.56 Å². The van der Waals surface area contributed by atoms with Crippen molar-refractivity contribution in [1.82, 2.24) is 9.55 Å². The molecule has 0 radical (unpaired) electrons. The van der Waals surface area contributed by atoms with E-state index in [1.54, 1.807) is 11.3 Å². The van der Waals surface area contributed by atoms with Gasteiger partial charge in [0.15, 0.2) is 0 Å². The van der Waals surface area contributed by atoms with Crippen molar-refractivity contribution in [3.63, 3.8) is 0 Å². The second-order valence-electron chi connectivity index (χ2n) is 9.53. The zero-order chi connectivity index (χ0) is 21.6. The van der Waals surface area contributed by atoms with Crippen LogP contribution in [0.5, 0.6) is 0 Å². The Kier molecular flexibility index (Phi) is 5.30. The van der Waals surface area contributed by atoms with Crippen molar-refractivity contribution < 1.29 is 4.79 Å². The van der Waals surface area contributed by atoms with Crippen LogP contribution in [0.4, 0.5) is 5.69 Å². The highest BCUT2D eigenvalue weighted by molar-refractivity contribution is 7.18. The van der Waals surface area contributed by atoms with E-state index in [0.29, 0.717) is 11.3 Å². The molecule has 0 bridgehead atoms. The van der Waals surface area contributed by atoms with E-state index in [-0.39, 0.29) is 23.4 Å². The van der Waals surface area contributed by atoms with E-state index >= 15 is 0 Å². The second-order valence-corrected chi connectivity index (χ2v) is 10.6. The number of aryl methyl sites for hydroxylation is 3. The number of rotatable bonds is 3. The minimum absolute atomic E-state index is 0.0373. The maximum absolute atomic E-state index is 13.2. The number of benzene rings is 1. The summed E-state index contributed by atoms with van der Waals surface area (Å²) in [5.74, 6) is 0.396. The number of thiophene rings is 1. The van der Waals surface area contributed by atoms with Gasteiger partial charge < -0.3 is 5.32 Å². The Bertz CT molecular complexity index is 1180. The fourth-order valence-corrected chi connectivity index (χ4v) is 5.53. The highest BCUT2D eigenvalue weighted by Crippen LogP contribution is 2.41. The van der Waals surface area contributed by atoms with Crippen molar-refractivity contribution in [1.29, 1.82) is 0 Å². The molecule has 3 aromatic rings. The van der Waals surface area contributed by atoms with Gasteiger partial charge in [0.2, 0.25) is 5.91 Å². The molecule has 30 heavy (non-hydrogen) atoms. The molecule has 0 fully saturated rings. The highest BCUT2D eigenvalue weighted by Gasteiger charge is 2.31. The summed E-state index contributed by atoms with van der Waals surface area (Å²) in [4.78, 5) is 32.4. The SMILES string of the molecule is Cc1ccc(C)c(NC(=O)Cn2cnc3sc4c(c3c2=O)CC[C@H](C(C)(C)C)C4)c1. The standard InChI is InChI=1S/C24H29N3O2S/c1-14-6-7-15(2)18(10-14)26-20(28)12-27-13-25-22-21(23(27)29)17-9-8-16(24(3,4)5)11-19(17)30-22/h6-7,10,13,16H,8-9,11-12H2,1-5H3,(H,26,28)/t16-/m0/s1. The summed E-state index contributed by atoms with van der Waals surface area (Å²) in [5.41, 5.74) is 4.15. The summed E-state index contributed by atoms with van der Waals surface area (Å²) in [6.45, 7) is 10.8. The predicted molar refractivity (Wildman–Crippen MR) is 123 cm³/mol. The fraction of sp³-hybridized carbons (Fsp3) is 0.458. The third-order valence-corrected chi connectivity index (χ3v) is 7.40. The number of fused-ring (bicyclic) bond motifs is 3. The molecule has 1 amide bonds. The maximum Gasteiger partial charge on any atom is 0.262 e. The van der Waals surface area contributed by atoms with Gasteiger partial charge in [0.05, 0.1) is 11.7 Å². The van der Waals surface area contributed by atoms with Crippen LogP contribution in [-0.2, 0) is 24.2 Å². The third-order valence-electron chi connectivity index (χ3n) is 6.24. The quantitative estimate of drug-likeness (QED) is 0.654. The minimum Gasteiger partial charge on any atom is -0.324 e. The fourth-order valence-electron chi connectivity index (χ4n) is 4.27. The van der Waals surface area contributed by atoms with Crippen molar-refractivity contribution >= 4 is 33.1 Å². The van der Waals surface area contributed by atoms with E-state index in [1.807, 2.05) is 32.0 Å². The van der Waals surface area contributed by atoms with Gasteiger partial charge in [-0.2, -0.15) is 0 Å². The molecule has 0 saturated heterocycles. The van der Waals surface area contributed by atoms with Gasteiger partial charge in [-0.15, -0.1) is 11.3 Å². The Morgan fingerprint density at radius 2 is 2.07 bits per heavy atom. The Morgan fingerprint density at radius 3 is 2.80 bits per heavy atom. The number of carbonyl (C=O) groups is 1. The first-order valence-corrected chi connectivity index (χ1v) is 11.3. The average molecular weight is 424 g/mol. The molecule has 4 rings (SSSR count). The number of nitrogens with one attached hydrogen (secondary N) is 1. The maximum atomic E-state index is 13.2. The number of nitrogens with zero attached hydrogens (tertiary/aromatic N) is 2. The Hall–Kier alpha value is -2.47. The van der Waals surface area contributed by atoms with Crippen LogP contribution in [-0.4, -0.2) is 15.5 Å². The first-order valence-electron chi connectivity index (χ1n) is 10.5. The minimum atomic E-state index is -0.219. The predicted octanol–water partition coefficient (Wildman–Crippen LogP) is 4.86. The summed E-state index contributed by atoms with van der Waals surface area (Å²) in [5, 5.41) is 3.64. The van der Waals surface area contributed by atoms with E-state index in [9.17, 15) is 9.59 Å². The van der Waals surface area contributed by atoms with Crippen LogP contribution in [0.3, 0.4) is 0 Å². The molecule has 5 nitrogen and oxygen atoms in total. The summed E-state index contributed by atoms with van der Waals surface area (Å²) in [7, 11) is 0. The smallest absolute Gasteiger partial charge is 0.262 e. The zero-order valence-corrected chi connectivity index (χ0v) is 19.2. The van der Waals surface area contributed by atoms with E-state index in [4.69, 9.17) is 0 Å². The summed E-state index contributed by atoms with van der Waals surface area (Å²) < 4.78 is 1.44. The van der Waals surface area contributed by atoms with E-state index in [1.165, 1.54) is 15.8 Å². The lowest BCUT2D eigenvalue weighted by Crippen LogP contribution is -2.29. The van der Waals surface area contributed by atoms with Crippen LogP contribution in [0.1, 0.15) is 48.8 Å². The third kappa shape index (κ3) is 3.93. The number of hydrogen-bond acceptors (Lipinski definition) is 4.